The highest BCUT2D eigenvalue weighted by molar-refractivity contribution is 7.13. The molecule has 1 aromatic carbocycles. The van der Waals surface area contributed by atoms with Crippen LogP contribution in [-0.2, 0) is 11.2 Å². The van der Waals surface area contributed by atoms with Gasteiger partial charge in [-0.1, -0.05) is 0 Å². The first-order valence-corrected chi connectivity index (χ1v) is 7.83. The van der Waals surface area contributed by atoms with Crippen molar-refractivity contribution < 1.29 is 13.6 Å². The molecule has 0 aliphatic rings. The first kappa shape index (κ1) is 15.4. The predicted molar refractivity (Wildman–Crippen MR) is 85.8 cm³/mol. The highest BCUT2D eigenvalue weighted by Crippen LogP contribution is 2.22. The zero-order valence-electron chi connectivity index (χ0n) is 12.6. The van der Waals surface area contributed by atoms with Gasteiger partial charge >= 0.3 is 0 Å². The van der Waals surface area contributed by atoms with Gasteiger partial charge in [-0.3, -0.25) is 4.79 Å². The van der Waals surface area contributed by atoms with Gasteiger partial charge in [0, 0.05) is 10.9 Å². The summed E-state index contributed by atoms with van der Waals surface area (Å²) in [5.74, 6) is 0.405. The average molecular weight is 331 g/mol. The maximum atomic E-state index is 13.0. The van der Waals surface area contributed by atoms with Crippen molar-refractivity contribution >= 4 is 22.4 Å². The van der Waals surface area contributed by atoms with Crippen LogP contribution >= 0.6 is 11.3 Å². The molecule has 0 unspecified atom stereocenters. The molecule has 7 heteroatoms. The lowest BCUT2D eigenvalue weighted by molar-refractivity contribution is -0.115. The van der Waals surface area contributed by atoms with Gasteiger partial charge in [-0.25, -0.2) is 14.4 Å². The standard InChI is InChI=1S/C16H14FN3O2S/c1-9-8-23-16(18-9)20-14(21)7-13-10(2)22-15(19-13)11-3-5-12(17)6-4-11/h3-6,8H,7H2,1-2H3,(H,18,20,21). The van der Waals surface area contributed by atoms with Crippen LogP contribution in [0.3, 0.4) is 0 Å². The van der Waals surface area contributed by atoms with Crippen molar-refractivity contribution in [1.29, 1.82) is 0 Å². The maximum Gasteiger partial charge on any atom is 0.232 e. The first-order valence-electron chi connectivity index (χ1n) is 6.95. The molecule has 0 aliphatic heterocycles. The van der Waals surface area contributed by atoms with Crippen LogP contribution in [0.5, 0.6) is 0 Å². The van der Waals surface area contributed by atoms with Gasteiger partial charge < -0.3 is 9.73 Å². The van der Waals surface area contributed by atoms with E-state index < -0.39 is 0 Å². The van der Waals surface area contributed by atoms with E-state index in [1.54, 1.807) is 19.1 Å². The average Bonchev–Trinajstić information content (AvgIpc) is 3.06. The Hall–Kier alpha value is -2.54. The maximum absolute atomic E-state index is 13.0. The number of amides is 1. The summed E-state index contributed by atoms with van der Waals surface area (Å²) in [7, 11) is 0. The van der Waals surface area contributed by atoms with Crippen LogP contribution in [0.2, 0.25) is 0 Å². The van der Waals surface area contributed by atoms with E-state index in [9.17, 15) is 9.18 Å². The van der Waals surface area contributed by atoms with Gasteiger partial charge in [0.1, 0.15) is 11.6 Å². The fourth-order valence-corrected chi connectivity index (χ4v) is 2.74. The summed E-state index contributed by atoms with van der Waals surface area (Å²) in [5, 5.41) is 5.16. The van der Waals surface area contributed by atoms with Crippen molar-refractivity contribution in [3.8, 4) is 11.5 Å². The molecule has 0 aliphatic carbocycles. The summed E-state index contributed by atoms with van der Waals surface area (Å²) in [4.78, 5) is 20.6. The molecule has 3 rings (SSSR count). The van der Waals surface area contributed by atoms with Crippen molar-refractivity contribution in [2.24, 2.45) is 0 Å². The minimum Gasteiger partial charge on any atom is -0.441 e. The number of oxazole rings is 1. The zero-order valence-corrected chi connectivity index (χ0v) is 13.4. The number of halogens is 1. The Labute approximate surface area is 136 Å². The van der Waals surface area contributed by atoms with Crippen LogP contribution in [-0.4, -0.2) is 15.9 Å². The van der Waals surface area contributed by atoms with Crippen LogP contribution in [0.4, 0.5) is 9.52 Å². The number of hydrogen-bond donors (Lipinski definition) is 1. The molecule has 23 heavy (non-hydrogen) atoms. The van der Waals surface area contributed by atoms with E-state index in [0.29, 0.717) is 28.0 Å². The molecular weight excluding hydrogens is 317 g/mol. The predicted octanol–water partition coefficient (Wildman–Crippen LogP) is 3.74. The first-order chi connectivity index (χ1) is 11.0. The van der Waals surface area contributed by atoms with Crippen LogP contribution in [0.1, 0.15) is 17.1 Å². The molecule has 0 saturated heterocycles. The summed E-state index contributed by atoms with van der Waals surface area (Å²) in [6, 6.07) is 5.85. The number of benzene rings is 1. The number of hydrogen-bond acceptors (Lipinski definition) is 5. The molecule has 0 spiro atoms. The smallest absolute Gasteiger partial charge is 0.232 e. The van der Waals surface area contributed by atoms with Crippen LogP contribution < -0.4 is 5.32 Å². The Morgan fingerprint density at radius 1 is 1.26 bits per heavy atom. The summed E-state index contributed by atoms with van der Waals surface area (Å²) in [5.41, 5.74) is 2.08. The Balaban J connectivity index is 1.73. The lowest BCUT2D eigenvalue weighted by Crippen LogP contribution is -2.15. The molecule has 0 atom stereocenters. The summed E-state index contributed by atoms with van der Waals surface area (Å²) < 4.78 is 18.5. The summed E-state index contributed by atoms with van der Waals surface area (Å²) in [6.45, 7) is 3.61. The van der Waals surface area contributed by atoms with Gasteiger partial charge in [0.15, 0.2) is 5.13 Å². The van der Waals surface area contributed by atoms with E-state index in [2.05, 4.69) is 15.3 Å². The minimum absolute atomic E-state index is 0.0924. The van der Waals surface area contributed by atoms with Gasteiger partial charge in [-0.05, 0) is 38.1 Å². The molecule has 2 aromatic heterocycles. The van der Waals surface area contributed by atoms with Crippen molar-refractivity contribution in [3.63, 3.8) is 0 Å². The Kier molecular flexibility index (Phi) is 4.20. The molecule has 0 saturated carbocycles. The number of carbonyl (C=O) groups excluding carboxylic acids is 1. The van der Waals surface area contributed by atoms with Crippen molar-refractivity contribution in [1.82, 2.24) is 9.97 Å². The van der Waals surface area contributed by atoms with E-state index in [4.69, 9.17) is 4.42 Å². The quantitative estimate of drug-likeness (QED) is 0.791. The van der Waals surface area contributed by atoms with Gasteiger partial charge in [-0.2, -0.15) is 0 Å². The van der Waals surface area contributed by atoms with Crippen LogP contribution in [0.15, 0.2) is 34.1 Å². The lowest BCUT2D eigenvalue weighted by Gasteiger charge is -1.99. The third-order valence-corrected chi connectivity index (χ3v) is 4.05. The number of carbonyl (C=O) groups is 1. The monoisotopic (exact) mass is 331 g/mol. The highest BCUT2D eigenvalue weighted by atomic mass is 32.1. The Bertz CT molecular complexity index is 839. The molecule has 1 amide bonds. The number of aromatic nitrogens is 2. The fraction of sp³-hybridized carbons (Fsp3) is 0.188. The summed E-state index contributed by atoms with van der Waals surface area (Å²) in [6.07, 6.45) is 0.0924. The number of nitrogens with zero attached hydrogens (tertiary/aromatic N) is 2. The molecule has 118 valence electrons. The number of nitrogens with one attached hydrogen (secondary N) is 1. The Morgan fingerprint density at radius 3 is 2.65 bits per heavy atom. The largest absolute Gasteiger partial charge is 0.441 e. The van der Waals surface area contributed by atoms with E-state index >= 15 is 0 Å². The molecule has 1 N–H and O–H groups in total. The molecule has 3 aromatic rings. The molecule has 0 fully saturated rings. The van der Waals surface area contributed by atoms with Gasteiger partial charge in [0.25, 0.3) is 0 Å². The molecule has 2 heterocycles. The minimum atomic E-state index is -0.324. The van der Waals surface area contributed by atoms with Crippen molar-refractivity contribution in [2.45, 2.75) is 20.3 Å². The van der Waals surface area contributed by atoms with Gasteiger partial charge in [0.05, 0.1) is 17.8 Å². The Morgan fingerprint density at radius 2 is 2.00 bits per heavy atom. The van der Waals surface area contributed by atoms with Gasteiger partial charge in [0.2, 0.25) is 11.8 Å². The second kappa shape index (κ2) is 6.29. The third kappa shape index (κ3) is 3.62. The van der Waals surface area contributed by atoms with Gasteiger partial charge in [-0.15, -0.1) is 11.3 Å². The number of aryl methyl sites for hydroxylation is 2. The fourth-order valence-electron chi connectivity index (χ4n) is 2.03. The normalized spacial score (nSPS) is 10.7. The number of rotatable bonds is 4. The molecule has 5 nitrogen and oxygen atoms in total. The van der Waals surface area contributed by atoms with Crippen molar-refractivity contribution in [3.05, 3.63) is 52.6 Å². The topological polar surface area (TPSA) is 68.0 Å². The highest BCUT2D eigenvalue weighted by Gasteiger charge is 2.15. The van der Waals surface area contributed by atoms with Crippen LogP contribution in [0, 0.1) is 19.7 Å². The number of thiazole rings is 1. The third-order valence-electron chi connectivity index (χ3n) is 3.18. The molecule has 0 bridgehead atoms. The van der Waals surface area contributed by atoms with Crippen LogP contribution in [0.25, 0.3) is 11.5 Å². The summed E-state index contributed by atoms with van der Waals surface area (Å²) >= 11 is 1.37. The van der Waals surface area contributed by atoms with Crippen molar-refractivity contribution in [2.75, 3.05) is 5.32 Å². The van der Waals surface area contributed by atoms with E-state index in [0.717, 1.165) is 5.69 Å². The molecule has 0 radical (unpaired) electrons. The molecular formula is C16H14FN3O2S. The second-order valence-electron chi connectivity index (χ2n) is 5.05. The lowest BCUT2D eigenvalue weighted by atomic mass is 10.2. The zero-order chi connectivity index (χ0) is 16.4. The number of anilines is 1. The SMILES string of the molecule is Cc1csc(NC(=O)Cc2nc(-c3ccc(F)cc3)oc2C)n1. The van der Waals surface area contributed by atoms with E-state index in [1.807, 2.05) is 12.3 Å². The second-order valence-corrected chi connectivity index (χ2v) is 5.91. The van der Waals surface area contributed by atoms with E-state index in [-0.39, 0.29) is 18.1 Å². The van der Waals surface area contributed by atoms with E-state index in [1.165, 1.54) is 23.5 Å².